The van der Waals surface area contributed by atoms with Gasteiger partial charge in [-0.25, -0.2) is 0 Å². The van der Waals surface area contributed by atoms with Crippen molar-refractivity contribution in [3.8, 4) is 0 Å². The molecule has 5 atom stereocenters. The molecule has 0 amide bonds. The van der Waals surface area contributed by atoms with E-state index < -0.39 is 0 Å². The average molecular weight is 166 g/mol. The van der Waals surface area contributed by atoms with Gasteiger partial charge in [-0.1, -0.05) is 34.1 Å². The van der Waals surface area contributed by atoms with Crippen LogP contribution in [0.4, 0.5) is 0 Å². The van der Waals surface area contributed by atoms with Crippen LogP contribution in [0, 0.1) is 35.5 Å². The van der Waals surface area contributed by atoms with Gasteiger partial charge in [0.2, 0.25) is 0 Å². The van der Waals surface area contributed by atoms with Gasteiger partial charge in [0.05, 0.1) is 0 Å². The molecule has 0 heteroatoms. The fourth-order valence-electron chi connectivity index (χ4n) is 3.43. The largest absolute Gasteiger partial charge is 0.0622 e. The van der Waals surface area contributed by atoms with E-state index in [2.05, 4.69) is 27.7 Å². The van der Waals surface area contributed by atoms with Gasteiger partial charge in [-0.05, 0) is 41.9 Å². The fraction of sp³-hybridized carbons (Fsp3) is 1.00. The van der Waals surface area contributed by atoms with Crippen molar-refractivity contribution in [2.24, 2.45) is 35.5 Å². The second-order valence-electron chi connectivity index (χ2n) is 5.37. The molecular weight excluding hydrogens is 144 g/mol. The van der Waals surface area contributed by atoms with Gasteiger partial charge in [0, 0.05) is 0 Å². The summed E-state index contributed by atoms with van der Waals surface area (Å²) in [5.74, 6) is 6.22. The lowest BCUT2D eigenvalue weighted by Crippen LogP contribution is -2.12. The van der Waals surface area contributed by atoms with E-state index in [0.29, 0.717) is 0 Å². The zero-order chi connectivity index (χ0) is 8.88. The zero-order valence-corrected chi connectivity index (χ0v) is 8.88. The van der Waals surface area contributed by atoms with E-state index >= 15 is 0 Å². The van der Waals surface area contributed by atoms with Crippen molar-refractivity contribution in [3.63, 3.8) is 0 Å². The van der Waals surface area contributed by atoms with Crippen molar-refractivity contribution >= 4 is 0 Å². The summed E-state index contributed by atoms with van der Waals surface area (Å²) >= 11 is 0. The molecule has 0 aromatic carbocycles. The van der Waals surface area contributed by atoms with Gasteiger partial charge in [-0.2, -0.15) is 0 Å². The van der Waals surface area contributed by atoms with Crippen LogP contribution in [0.5, 0.6) is 0 Å². The van der Waals surface area contributed by atoms with Gasteiger partial charge in [0.15, 0.2) is 0 Å². The highest BCUT2D eigenvalue weighted by molar-refractivity contribution is 4.99. The first-order valence-electron chi connectivity index (χ1n) is 5.63. The highest BCUT2D eigenvalue weighted by atomic mass is 14.6. The van der Waals surface area contributed by atoms with E-state index in [1.165, 1.54) is 12.8 Å². The third kappa shape index (κ3) is 1.11. The highest BCUT2D eigenvalue weighted by Crippen LogP contribution is 2.57. The summed E-state index contributed by atoms with van der Waals surface area (Å²) in [5.41, 5.74) is 0. The molecule has 70 valence electrons. The zero-order valence-electron chi connectivity index (χ0n) is 8.88. The van der Waals surface area contributed by atoms with Crippen LogP contribution in [0.1, 0.15) is 40.5 Å². The Morgan fingerprint density at radius 1 is 0.750 bits per heavy atom. The Morgan fingerprint density at radius 2 is 1.33 bits per heavy atom. The van der Waals surface area contributed by atoms with Crippen LogP contribution in [0.3, 0.4) is 0 Å². The molecule has 0 N–H and O–H groups in total. The molecular formula is C12H22. The second kappa shape index (κ2) is 2.75. The molecule has 0 aromatic heterocycles. The SMILES string of the molecule is CC1CCC(C2C(C)C2C)C1C. The van der Waals surface area contributed by atoms with Crippen molar-refractivity contribution in [1.29, 1.82) is 0 Å². The Bertz CT molecular complexity index is 165. The molecule has 2 aliphatic carbocycles. The Labute approximate surface area is 76.7 Å². The molecule has 0 aromatic rings. The number of rotatable bonds is 1. The lowest BCUT2D eigenvalue weighted by molar-refractivity contribution is 0.308. The molecule has 0 saturated heterocycles. The molecule has 0 aliphatic heterocycles. The monoisotopic (exact) mass is 166 g/mol. The van der Waals surface area contributed by atoms with Gasteiger partial charge in [0.1, 0.15) is 0 Å². The quantitative estimate of drug-likeness (QED) is 0.558. The summed E-state index contributed by atoms with van der Waals surface area (Å²) in [6.07, 6.45) is 3.00. The van der Waals surface area contributed by atoms with Gasteiger partial charge >= 0.3 is 0 Å². The van der Waals surface area contributed by atoms with Crippen LogP contribution < -0.4 is 0 Å². The maximum atomic E-state index is 2.47. The number of hydrogen-bond donors (Lipinski definition) is 0. The Hall–Kier alpha value is 0. The van der Waals surface area contributed by atoms with Crippen LogP contribution in [-0.2, 0) is 0 Å². The van der Waals surface area contributed by atoms with Crippen molar-refractivity contribution in [2.45, 2.75) is 40.5 Å². The molecule has 0 radical (unpaired) electrons. The second-order valence-corrected chi connectivity index (χ2v) is 5.37. The van der Waals surface area contributed by atoms with Crippen LogP contribution in [0.2, 0.25) is 0 Å². The molecule has 0 spiro atoms. The minimum atomic E-state index is 0.995. The first-order valence-corrected chi connectivity index (χ1v) is 5.63. The van der Waals surface area contributed by atoms with E-state index in [-0.39, 0.29) is 0 Å². The summed E-state index contributed by atoms with van der Waals surface area (Å²) in [4.78, 5) is 0. The van der Waals surface area contributed by atoms with Crippen LogP contribution >= 0.6 is 0 Å². The molecule has 0 nitrogen and oxygen atoms in total. The van der Waals surface area contributed by atoms with E-state index in [4.69, 9.17) is 0 Å². The van der Waals surface area contributed by atoms with E-state index in [1.807, 2.05) is 0 Å². The first-order chi connectivity index (χ1) is 5.63. The molecule has 0 heterocycles. The molecule has 2 rings (SSSR count). The minimum absolute atomic E-state index is 0.995. The Balaban J connectivity index is 1.98. The minimum Gasteiger partial charge on any atom is -0.0622 e. The lowest BCUT2D eigenvalue weighted by atomic mass is 9.88. The van der Waals surface area contributed by atoms with Crippen molar-refractivity contribution < 1.29 is 0 Å². The predicted molar refractivity (Wildman–Crippen MR) is 52.9 cm³/mol. The Morgan fingerprint density at radius 3 is 1.67 bits per heavy atom. The van der Waals surface area contributed by atoms with Crippen LogP contribution in [-0.4, -0.2) is 0 Å². The smallest absolute Gasteiger partial charge is 0.0326 e. The van der Waals surface area contributed by atoms with Crippen LogP contribution in [0.25, 0.3) is 0 Å². The topological polar surface area (TPSA) is 0 Å². The molecule has 2 aliphatic rings. The summed E-state index contributed by atoms with van der Waals surface area (Å²) < 4.78 is 0. The summed E-state index contributed by atoms with van der Waals surface area (Å²) in [7, 11) is 0. The van der Waals surface area contributed by atoms with E-state index in [0.717, 1.165) is 35.5 Å². The normalized spacial score (nSPS) is 59.0. The van der Waals surface area contributed by atoms with E-state index in [9.17, 15) is 0 Å². The lowest BCUT2D eigenvalue weighted by Gasteiger charge is -2.18. The molecule has 5 unspecified atom stereocenters. The van der Waals surface area contributed by atoms with Crippen LogP contribution in [0.15, 0.2) is 0 Å². The van der Waals surface area contributed by atoms with E-state index in [1.54, 1.807) is 0 Å². The number of hydrogen-bond acceptors (Lipinski definition) is 0. The van der Waals surface area contributed by atoms with Crippen molar-refractivity contribution in [2.75, 3.05) is 0 Å². The molecule has 12 heavy (non-hydrogen) atoms. The molecule has 2 saturated carbocycles. The molecule has 0 bridgehead atoms. The maximum absolute atomic E-state index is 2.47. The third-order valence-electron chi connectivity index (χ3n) is 4.93. The summed E-state index contributed by atoms with van der Waals surface area (Å²) in [6, 6.07) is 0. The Kier molecular flexibility index (Phi) is 1.97. The maximum Gasteiger partial charge on any atom is -0.0326 e. The summed E-state index contributed by atoms with van der Waals surface area (Å²) in [6.45, 7) is 9.78. The van der Waals surface area contributed by atoms with Crippen molar-refractivity contribution in [1.82, 2.24) is 0 Å². The van der Waals surface area contributed by atoms with Gasteiger partial charge in [-0.15, -0.1) is 0 Å². The highest BCUT2D eigenvalue weighted by Gasteiger charge is 2.51. The average Bonchev–Trinajstić information content (AvgIpc) is 2.47. The van der Waals surface area contributed by atoms with Gasteiger partial charge in [0.25, 0.3) is 0 Å². The van der Waals surface area contributed by atoms with Crippen molar-refractivity contribution in [3.05, 3.63) is 0 Å². The third-order valence-corrected chi connectivity index (χ3v) is 4.93. The summed E-state index contributed by atoms with van der Waals surface area (Å²) in [5, 5.41) is 0. The first kappa shape index (κ1) is 8.59. The van der Waals surface area contributed by atoms with Gasteiger partial charge in [-0.3, -0.25) is 0 Å². The van der Waals surface area contributed by atoms with Gasteiger partial charge < -0.3 is 0 Å². The standard InChI is InChI=1S/C12H22/c1-7-5-6-11(8(7)2)12-9(3)10(12)4/h7-12H,5-6H2,1-4H3. The predicted octanol–water partition coefficient (Wildman–Crippen LogP) is 3.57. The molecule has 2 fully saturated rings. The fourth-order valence-corrected chi connectivity index (χ4v) is 3.43.